The SMILES string of the molecule is CCOC(=O)c1c2c(nn1CCCNC(c1ccccc1)(c1ccccc1)c1ccccc1)-c1c(cnn1-c1ccc(OC)cc1)CC2. The molecule has 0 atom stereocenters. The van der Waals surface area contributed by atoms with Crippen molar-refractivity contribution in [2.45, 2.75) is 38.3 Å². The number of fused-ring (bicyclic) bond motifs is 3. The lowest BCUT2D eigenvalue weighted by molar-refractivity contribution is 0.0510. The quantitative estimate of drug-likeness (QED) is 0.0885. The van der Waals surface area contributed by atoms with Crippen LogP contribution in [0, 0.1) is 0 Å². The summed E-state index contributed by atoms with van der Waals surface area (Å²) >= 11 is 0. The molecule has 6 aromatic rings. The Morgan fingerprint density at radius 2 is 1.44 bits per heavy atom. The van der Waals surface area contributed by atoms with Gasteiger partial charge in [-0.15, -0.1) is 0 Å². The van der Waals surface area contributed by atoms with Gasteiger partial charge < -0.3 is 9.47 Å². The number of carbonyl (C=O) groups is 1. The van der Waals surface area contributed by atoms with Crippen LogP contribution in [0.1, 0.15) is 51.7 Å². The molecule has 0 bridgehead atoms. The normalized spacial score (nSPS) is 12.3. The van der Waals surface area contributed by atoms with E-state index in [-0.39, 0.29) is 5.97 Å². The second kappa shape index (κ2) is 13.7. The number of nitrogens with one attached hydrogen (secondary N) is 1. The summed E-state index contributed by atoms with van der Waals surface area (Å²) in [5, 5.41) is 13.8. The third kappa shape index (κ3) is 5.69. The minimum atomic E-state index is -0.573. The molecule has 8 heteroatoms. The lowest BCUT2D eigenvalue weighted by Crippen LogP contribution is -2.45. The van der Waals surface area contributed by atoms with E-state index < -0.39 is 5.54 Å². The number of hydrogen-bond acceptors (Lipinski definition) is 6. The van der Waals surface area contributed by atoms with Gasteiger partial charge in [0.2, 0.25) is 0 Å². The first-order valence-electron chi connectivity index (χ1n) is 16.5. The van der Waals surface area contributed by atoms with Crippen LogP contribution in [0.5, 0.6) is 5.75 Å². The minimum absolute atomic E-state index is 0.295. The van der Waals surface area contributed by atoms with Gasteiger partial charge in [0.05, 0.1) is 36.8 Å². The van der Waals surface area contributed by atoms with Crippen molar-refractivity contribution in [3.63, 3.8) is 0 Å². The molecule has 0 saturated heterocycles. The van der Waals surface area contributed by atoms with Gasteiger partial charge in [-0.25, -0.2) is 9.48 Å². The highest BCUT2D eigenvalue weighted by molar-refractivity contribution is 5.92. The topological polar surface area (TPSA) is 83.2 Å². The Morgan fingerprint density at radius 1 is 0.833 bits per heavy atom. The summed E-state index contributed by atoms with van der Waals surface area (Å²) < 4.78 is 14.7. The maximum Gasteiger partial charge on any atom is 0.356 e. The first-order valence-corrected chi connectivity index (χ1v) is 16.5. The highest BCUT2D eigenvalue weighted by atomic mass is 16.5. The molecule has 0 radical (unpaired) electrons. The summed E-state index contributed by atoms with van der Waals surface area (Å²) in [7, 11) is 1.65. The Balaban J connectivity index is 1.22. The van der Waals surface area contributed by atoms with Crippen molar-refractivity contribution in [3.05, 3.63) is 155 Å². The van der Waals surface area contributed by atoms with E-state index in [2.05, 4.69) is 78.1 Å². The smallest absolute Gasteiger partial charge is 0.356 e. The number of benzene rings is 4. The van der Waals surface area contributed by atoms with Crippen molar-refractivity contribution >= 4 is 5.97 Å². The highest BCUT2D eigenvalue weighted by Crippen LogP contribution is 2.38. The van der Waals surface area contributed by atoms with Gasteiger partial charge in [-0.1, -0.05) is 91.0 Å². The summed E-state index contributed by atoms with van der Waals surface area (Å²) in [5.74, 6) is 0.434. The maximum atomic E-state index is 13.5. The summed E-state index contributed by atoms with van der Waals surface area (Å²) in [6.45, 7) is 3.33. The number of rotatable bonds is 12. The molecular weight excluding hydrogens is 598 g/mol. The van der Waals surface area contributed by atoms with Gasteiger partial charge in [0.1, 0.15) is 17.1 Å². The Labute approximate surface area is 281 Å². The zero-order chi connectivity index (χ0) is 32.9. The number of aryl methyl sites for hydroxylation is 2. The van der Waals surface area contributed by atoms with Gasteiger partial charge in [-0.3, -0.25) is 10.00 Å². The fourth-order valence-corrected chi connectivity index (χ4v) is 6.89. The lowest BCUT2D eigenvalue weighted by Gasteiger charge is -2.37. The van der Waals surface area contributed by atoms with Crippen LogP contribution in [0.3, 0.4) is 0 Å². The fourth-order valence-electron chi connectivity index (χ4n) is 6.89. The summed E-state index contributed by atoms with van der Waals surface area (Å²) in [5.41, 5.74) is 8.05. The number of esters is 1. The minimum Gasteiger partial charge on any atom is -0.497 e. The average Bonchev–Trinajstić information content (AvgIpc) is 3.75. The summed E-state index contributed by atoms with van der Waals surface area (Å²) in [4.78, 5) is 13.5. The van der Waals surface area contributed by atoms with E-state index in [0.717, 1.165) is 63.5 Å². The van der Waals surface area contributed by atoms with Gasteiger partial charge in [0, 0.05) is 17.7 Å². The van der Waals surface area contributed by atoms with Gasteiger partial charge in [0.25, 0.3) is 0 Å². The van der Waals surface area contributed by atoms with E-state index in [1.807, 2.05) is 64.9 Å². The molecule has 0 amide bonds. The van der Waals surface area contributed by atoms with E-state index in [1.54, 1.807) is 7.11 Å². The number of ether oxygens (including phenoxy) is 2. The molecule has 2 heterocycles. The van der Waals surface area contributed by atoms with Crippen molar-refractivity contribution in [2.24, 2.45) is 0 Å². The highest BCUT2D eigenvalue weighted by Gasteiger charge is 2.36. The van der Waals surface area contributed by atoms with Gasteiger partial charge in [-0.05, 0) is 73.7 Å². The van der Waals surface area contributed by atoms with Crippen LogP contribution < -0.4 is 10.1 Å². The van der Waals surface area contributed by atoms with Crippen LogP contribution in [0.15, 0.2) is 121 Å². The largest absolute Gasteiger partial charge is 0.497 e. The average molecular weight is 638 g/mol. The van der Waals surface area contributed by atoms with Crippen LogP contribution in [0.25, 0.3) is 17.1 Å². The fraction of sp³-hybridized carbons (Fsp3) is 0.225. The van der Waals surface area contributed by atoms with Gasteiger partial charge >= 0.3 is 5.97 Å². The standard InChI is InChI=1S/C40H39N5O3/c1-3-48-39(46)38-35-25-20-29-28-42-45(33-21-23-34(47-2)24-22-33)37(29)36(35)43-44(38)27-13-26-41-40(30-14-7-4-8-15-30,31-16-9-5-10-17-31)32-18-11-6-12-19-32/h4-12,14-19,21-24,28,41H,3,13,20,25-27H2,1-2H3. The Bertz CT molecular complexity index is 1890. The van der Waals surface area contributed by atoms with Crippen molar-refractivity contribution in [1.29, 1.82) is 0 Å². The molecule has 8 nitrogen and oxygen atoms in total. The number of nitrogens with zero attached hydrogens (tertiary/aromatic N) is 4. The second-order valence-corrected chi connectivity index (χ2v) is 11.9. The van der Waals surface area contributed by atoms with Gasteiger partial charge in [0.15, 0.2) is 0 Å². The molecule has 4 aromatic carbocycles. The number of carbonyl (C=O) groups excluding carboxylic acids is 1. The Kier molecular flexibility index (Phi) is 8.90. The summed E-state index contributed by atoms with van der Waals surface area (Å²) in [6.07, 6.45) is 4.10. The van der Waals surface area contributed by atoms with Crippen LogP contribution in [0.4, 0.5) is 0 Å². The third-order valence-corrected chi connectivity index (χ3v) is 9.11. The Morgan fingerprint density at radius 3 is 2.00 bits per heavy atom. The van der Waals surface area contributed by atoms with Crippen molar-refractivity contribution in [2.75, 3.05) is 20.3 Å². The predicted octanol–water partition coefficient (Wildman–Crippen LogP) is 6.99. The number of aromatic nitrogens is 4. The zero-order valence-electron chi connectivity index (χ0n) is 27.3. The Hall–Kier alpha value is -5.47. The summed E-state index contributed by atoms with van der Waals surface area (Å²) in [6, 6.07) is 39.5. The van der Waals surface area contributed by atoms with E-state index in [9.17, 15) is 4.79 Å². The molecule has 7 rings (SSSR count). The van der Waals surface area contributed by atoms with Crippen LogP contribution in [0.2, 0.25) is 0 Å². The van der Waals surface area contributed by atoms with Crippen molar-refractivity contribution < 1.29 is 14.3 Å². The molecule has 2 aromatic heterocycles. The van der Waals surface area contributed by atoms with E-state index >= 15 is 0 Å². The van der Waals surface area contributed by atoms with Crippen LogP contribution in [-0.4, -0.2) is 45.8 Å². The van der Waals surface area contributed by atoms with E-state index in [1.165, 1.54) is 0 Å². The third-order valence-electron chi connectivity index (χ3n) is 9.11. The zero-order valence-corrected chi connectivity index (χ0v) is 27.3. The molecule has 0 saturated carbocycles. The molecule has 48 heavy (non-hydrogen) atoms. The molecule has 0 spiro atoms. The number of methoxy groups -OCH3 is 1. The number of hydrogen-bond donors (Lipinski definition) is 1. The molecule has 1 aliphatic rings. The monoisotopic (exact) mass is 637 g/mol. The molecule has 1 N–H and O–H groups in total. The van der Waals surface area contributed by atoms with Crippen molar-refractivity contribution in [1.82, 2.24) is 24.9 Å². The molecular formula is C40H39N5O3. The van der Waals surface area contributed by atoms with Crippen LogP contribution >= 0.6 is 0 Å². The predicted molar refractivity (Wildman–Crippen MR) is 187 cm³/mol. The molecule has 0 unspecified atom stereocenters. The maximum absolute atomic E-state index is 13.5. The first kappa shape index (κ1) is 31.1. The van der Waals surface area contributed by atoms with Crippen molar-refractivity contribution in [3.8, 4) is 22.8 Å². The lowest BCUT2D eigenvalue weighted by atomic mass is 9.77. The second-order valence-electron chi connectivity index (χ2n) is 11.9. The van der Waals surface area contributed by atoms with E-state index in [0.29, 0.717) is 31.8 Å². The molecule has 242 valence electrons. The van der Waals surface area contributed by atoms with E-state index in [4.69, 9.17) is 19.7 Å². The first-order chi connectivity index (χ1) is 23.6. The molecule has 1 aliphatic carbocycles. The van der Waals surface area contributed by atoms with Crippen LogP contribution in [-0.2, 0) is 29.7 Å². The van der Waals surface area contributed by atoms with Gasteiger partial charge in [-0.2, -0.15) is 10.2 Å². The molecule has 0 aliphatic heterocycles. The molecule has 0 fully saturated rings.